The number of quaternary nitrogens is 2. The number of hydrogen-bond acceptors (Lipinski definition) is 2. The van der Waals surface area contributed by atoms with E-state index in [2.05, 4.69) is 23.2 Å². The summed E-state index contributed by atoms with van der Waals surface area (Å²) < 4.78 is 0. The van der Waals surface area contributed by atoms with Gasteiger partial charge in [-0.2, -0.15) is 0 Å². The van der Waals surface area contributed by atoms with Crippen molar-refractivity contribution in [1.29, 1.82) is 0 Å². The summed E-state index contributed by atoms with van der Waals surface area (Å²) in [5.74, 6) is 2.04. The van der Waals surface area contributed by atoms with Gasteiger partial charge in [0.25, 0.3) is 11.8 Å². The number of hydrogen-bond donors (Lipinski definition) is 3. The van der Waals surface area contributed by atoms with E-state index in [9.17, 15) is 9.59 Å². The number of fused-ring (bicyclic) bond motifs is 1. The standard InChI is InChI=1S/C25H38N4O2/c1-19-6-5-9-23(20(19)2)26-24(30)17-27-12-14-28(15-13-27)18-25(31)29-11-10-21-7-3-4-8-22(21)16-29/h5-6,9,21-22H,3-4,7-8,10-18H2,1-2H3,(H,26,30)/p+2/t21-,22+/m1/s1. The van der Waals surface area contributed by atoms with Gasteiger partial charge in [-0.1, -0.05) is 31.4 Å². The van der Waals surface area contributed by atoms with Gasteiger partial charge < -0.3 is 20.0 Å². The van der Waals surface area contributed by atoms with Crippen LogP contribution in [0.25, 0.3) is 0 Å². The van der Waals surface area contributed by atoms with Crippen LogP contribution >= 0.6 is 0 Å². The Balaban J connectivity index is 1.18. The third kappa shape index (κ3) is 5.66. The Morgan fingerprint density at radius 3 is 2.39 bits per heavy atom. The quantitative estimate of drug-likeness (QED) is 0.622. The van der Waals surface area contributed by atoms with Gasteiger partial charge in [-0.3, -0.25) is 9.59 Å². The lowest BCUT2D eigenvalue weighted by Gasteiger charge is -2.41. The van der Waals surface area contributed by atoms with Gasteiger partial charge in [0.1, 0.15) is 26.2 Å². The number of piperidine rings is 1. The van der Waals surface area contributed by atoms with Crippen LogP contribution in [0.15, 0.2) is 18.2 Å². The molecule has 2 aliphatic heterocycles. The third-order valence-electron chi connectivity index (χ3n) is 8.00. The second-order valence-corrected chi connectivity index (χ2v) is 10.1. The van der Waals surface area contributed by atoms with Crippen molar-refractivity contribution < 1.29 is 19.4 Å². The maximum atomic E-state index is 12.9. The van der Waals surface area contributed by atoms with Gasteiger partial charge >= 0.3 is 0 Å². The first-order chi connectivity index (χ1) is 15.0. The van der Waals surface area contributed by atoms with E-state index in [4.69, 9.17) is 0 Å². The van der Waals surface area contributed by atoms with Crippen LogP contribution in [0.1, 0.15) is 43.2 Å². The number of nitrogens with zero attached hydrogens (tertiary/aromatic N) is 1. The summed E-state index contributed by atoms with van der Waals surface area (Å²) in [5.41, 5.74) is 3.25. The van der Waals surface area contributed by atoms with Crippen LogP contribution in [0.4, 0.5) is 5.69 Å². The van der Waals surface area contributed by atoms with E-state index in [1.165, 1.54) is 47.5 Å². The lowest BCUT2D eigenvalue weighted by atomic mass is 9.75. The molecule has 2 saturated heterocycles. The van der Waals surface area contributed by atoms with Crippen LogP contribution < -0.4 is 15.1 Å². The first kappa shape index (κ1) is 22.3. The van der Waals surface area contributed by atoms with Gasteiger partial charge in [-0.25, -0.2) is 0 Å². The fourth-order valence-electron chi connectivity index (χ4n) is 5.77. The molecule has 2 heterocycles. The number of amides is 2. The molecule has 3 N–H and O–H groups in total. The molecule has 2 atom stereocenters. The van der Waals surface area contributed by atoms with E-state index in [1.807, 2.05) is 19.1 Å². The Kier molecular flexibility index (Phi) is 7.28. The number of likely N-dealkylation sites (tertiary alicyclic amines) is 1. The highest BCUT2D eigenvalue weighted by atomic mass is 16.2. The molecule has 31 heavy (non-hydrogen) atoms. The molecule has 0 unspecified atom stereocenters. The molecular formula is C25H40N4O2+2. The number of benzene rings is 1. The highest BCUT2D eigenvalue weighted by Crippen LogP contribution is 2.35. The third-order valence-corrected chi connectivity index (χ3v) is 8.00. The average molecular weight is 429 g/mol. The zero-order valence-electron chi connectivity index (χ0n) is 19.3. The SMILES string of the molecule is Cc1cccc(NC(=O)C[NH+]2CC[NH+](CC(=O)N3CC[C@H]4CCCC[C@H]4C3)CC2)c1C. The Morgan fingerprint density at radius 1 is 0.968 bits per heavy atom. The summed E-state index contributed by atoms with van der Waals surface area (Å²) in [5, 5.41) is 3.08. The van der Waals surface area contributed by atoms with E-state index in [1.54, 1.807) is 0 Å². The summed E-state index contributed by atoms with van der Waals surface area (Å²) in [6.45, 7) is 11.0. The van der Waals surface area contributed by atoms with E-state index < -0.39 is 0 Å². The molecule has 3 fully saturated rings. The van der Waals surface area contributed by atoms with Crippen molar-refractivity contribution >= 4 is 17.5 Å². The largest absolute Gasteiger partial charge is 0.338 e. The minimum absolute atomic E-state index is 0.0820. The van der Waals surface area contributed by atoms with Crippen LogP contribution in [-0.4, -0.2) is 69.1 Å². The molecule has 1 aliphatic carbocycles. The smallest absolute Gasteiger partial charge is 0.279 e. The molecule has 0 spiro atoms. The van der Waals surface area contributed by atoms with Crippen molar-refractivity contribution in [2.45, 2.75) is 46.0 Å². The van der Waals surface area contributed by atoms with Crippen molar-refractivity contribution in [3.8, 4) is 0 Å². The molecule has 6 nitrogen and oxygen atoms in total. The first-order valence-electron chi connectivity index (χ1n) is 12.3. The normalized spacial score (nSPS) is 28.6. The number of rotatable bonds is 5. The molecular weight excluding hydrogens is 388 g/mol. The topological polar surface area (TPSA) is 58.3 Å². The highest BCUT2D eigenvalue weighted by Gasteiger charge is 2.34. The maximum absolute atomic E-state index is 12.9. The van der Waals surface area contributed by atoms with Crippen molar-refractivity contribution in [2.75, 3.05) is 57.7 Å². The number of aryl methyl sites for hydroxylation is 1. The molecule has 4 rings (SSSR count). The van der Waals surface area contributed by atoms with Crippen LogP contribution in [0, 0.1) is 25.7 Å². The predicted molar refractivity (Wildman–Crippen MR) is 122 cm³/mol. The number of piperazine rings is 1. The van der Waals surface area contributed by atoms with E-state index >= 15 is 0 Å². The monoisotopic (exact) mass is 428 g/mol. The van der Waals surface area contributed by atoms with Gasteiger partial charge in [0.2, 0.25) is 0 Å². The lowest BCUT2D eigenvalue weighted by Crippen LogP contribution is -3.28. The molecule has 170 valence electrons. The Labute approximate surface area is 187 Å². The van der Waals surface area contributed by atoms with Crippen LogP contribution in [0.5, 0.6) is 0 Å². The molecule has 3 aliphatic rings. The highest BCUT2D eigenvalue weighted by molar-refractivity contribution is 5.92. The number of carbonyl (C=O) groups excluding carboxylic acids is 2. The van der Waals surface area contributed by atoms with Gasteiger partial charge in [-0.05, 0) is 55.7 Å². The molecule has 0 aromatic heterocycles. The number of carbonyl (C=O) groups is 2. The Bertz CT molecular complexity index is 788. The van der Waals surface area contributed by atoms with Gasteiger partial charge in [0.05, 0.1) is 0 Å². The van der Waals surface area contributed by atoms with E-state index in [0.717, 1.165) is 62.4 Å². The molecule has 2 amide bonds. The second kappa shape index (κ2) is 10.1. The van der Waals surface area contributed by atoms with Crippen molar-refractivity contribution in [2.24, 2.45) is 11.8 Å². The molecule has 0 radical (unpaired) electrons. The van der Waals surface area contributed by atoms with Crippen molar-refractivity contribution in [1.82, 2.24) is 4.90 Å². The zero-order chi connectivity index (χ0) is 21.8. The first-order valence-corrected chi connectivity index (χ1v) is 12.3. The number of anilines is 1. The van der Waals surface area contributed by atoms with Crippen LogP contribution in [0.2, 0.25) is 0 Å². The molecule has 0 bridgehead atoms. The maximum Gasteiger partial charge on any atom is 0.279 e. The molecule has 1 saturated carbocycles. The molecule has 6 heteroatoms. The predicted octanol–water partition coefficient (Wildman–Crippen LogP) is 0.0640. The van der Waals surface area contributed by atoms with E-state index in [-0.39, 0.29) is 5.91 Å². The minimum Gasteiger partial charge on any atom is -0.338 e. The van der Waals surface area contributed by atoms with Gasteiger partial charge in [0, 0.05) is 18.8 Å². The summed E-state index contributed by atoms with van der Waals surface area (Å²) in [4.78, 5) is 30.3. The van der Waals surface area contributed by atoms with Gasteiger partial charge in [0.15, 0.2) is 13.1 Å². The fourth-order valence-corrected chi connectivity index (χ4v) is 5.77. The minimum atomic E-state index is 0.0820. The van der Waals surface area contributed by atoms with Crippen LogP contribution in [0.3, 0.4) is 0 Å². The van der Waals surface area contributed by atoms with Crippen molar-refractivity contribution in [3.05, 3.63) is 29.3 Å². The Morgan fingerprint density at radius 2 is 1.65 bits per heavy atom. The lowest BCUT2D eigenvalue weighted by molar-refractivity contribution is -1.00. The summed E-state index contributed by atoms with van der Waals surface area (Å²) in [6, 6.07) is 6.02. The summed E-state index contributed by atoms with van der Waals surface area (Å²) in [7, 11) is 0. The summed E-state index contributed by atoms with van der Waals surface area (Å²) in [6.07, 6.45) is 6.62. The number of nitrogens with one attached hydrogen (secondary N) is 3. The zero-order valence-corrected chi connectivity index (χ0v) is 19.3. The average Bonchev–Trinajstić information content (AvgIpc) is 2.78. The van der Waals surface area contributed by atoms with Crippen LogP contribution in [-0.2, 0) is 9.59 Å². The van der Waals surface area contributed by atoms with Crippen molar-refractivity contribution in [3.63, 3.8) is 0 Å². The second-order valence-electron chi connectivity index (χ2n) is 10.1. The fraction of sp³-hybridized carbons (Fsp3) is 0.680. The summed E-state index contributed by atoms with van der Waals surface area (Å²) >= 11 is 0. The van der Waals surface area contributed by atoms with E-state index in [0.29, 0.717) is 19.0 Å². The van der Waals surface area contributed by atoms with Gasteiger partial charge in [-0.15, -0.1) is 0 Å². The Hall–Kier alpha value is -1.92. The molecule has 1 aromatic rings. The molecule has 1 aromatic carbocycles.